The number of benzene rings is 6. The van der Waals surface area contributed by atoms with Crippen LogP contribution in [-0.4, -0.2) is 15.0 Å². The molecule has 0 N–H and O–H groups in total. The highest BCUT2D eigenvalue weighted by Gasteiger charge is 2.61. The van der Waals surface area contributed by atoms with Gasteiger partial charge in [-0.05, 0) is 107 Å². The Morgan fingerprint density at radius 1 is 0.444 bits per heavy atom. The van der Waals surface area contributed by atoms with Crippen LogP contribution in [0.25, 0.3) is 67.5 Å². The van der Waals surface area contributed by atoms with Crippen LogP contribution in [0.1, 0.15) is 48.8 Å². The Kier molecular flexibility index (Phi) is 7.07. The maximum Gasteiger partial charge on any atom is 0.164 e. The Morgan fingerprint density at radius 3 is 1.59 bits per heavy atom. The summed E-state index contributed by atoms with van der Waals surface area (Å²) in [7, 11) is 0. The summed E-state index contributed by atoms with van der Waals surface area (Å²) in [5.41, 5.74) is 13.5. The molecule has 0 amide bonds. The maximum atomic E-state index is 10.5. The van der Waals surface area contributed by atoms with Crippen LogP contribution in [0, 0.1) is 35.0 Å². The lowest BCUT2D eigenvalue weighted by Gasteiger charge is -2.61. The molecular formula is C50H38N4. The van der Waals surface area contributed by atoms with E-state index in [0.717, 1.165) is 56.3 Å². The molecule has 12 rings (SSSR count). The molecule has 0 atom stereocenters. The lowest BCUT2D eigenvalue weighted by atomic mass is 9.43. The first-order chi connectivity index (χ1) is 26.7. The van der Waals surface area contributed by atoms with E-state index in [2.05, 4.69) is 84.9 Å². The first-order valence-electron chi connectivity index (χ1n) is 19.4. The van der Waals surface area contributed by atoms with Crippen molar-refractivity contribution in [2.24, 2.45) is 23.7 Å². The minimum Gasteiger partial charge on any atom is -0.208 e. The van der Waals surface area contributed by atoms with Crippen LogP contribution in [0.4, 0.5) is 0 Å². The summed E-state index contributed by atoms with van der Waals surface area (Å²) in [6.07, 6.45) is 6.69. The number of fused-ring (bicyclic) bond motifs is 3. The minimum absolute atomic E-state index is 0.0151. The fourth-order valence-electron chi connectivity index (χ4n) is 11.3. The second kappa shape index (κ2) is 12.2. The van der Waals surface area contributed by atoms with E-state index < -0.39 is 0 Å². The molecule has 54 heavy (non-hydrogen) atoms. The summed E-state index contributed by atoms with van der Waals surface area (Å²) in [6.45, 7) is 0. The first kappa shape index (κ1) is 31.4. The van der Waals surface area contributed by atoms with Gasteiger partial charge in [-0.2, -0.15) is 5.26 Å². The molecular weight excluding hydrogens is 657 g/mol. The lowest BCUT2D eigenvalue weighted by Crippen LogP contribution is -2.55. The third kappa shape index (κ3) is 4.64. The van der Waals surface area contributed by atoms with Gasteiger partial charge in [0.05, 0.1) is 11.6 Å². The fourth-order valence-corrected chi connectivity index (χ4v) is 11.3. The fraction of sp³-hybridized carbons (Fsp3) is 0.200. The predicted octanol–water partition coefficient (Wildman–Crippen LogP) is 11.8. The number of aromatic nitrogens is 3. The molecule has 0 saturated heterocycles. The quantitative estimate of drug-likeness (QED) is 0.180. The van der Waals surface area contributed by atoms with Crippen molar-refractivity contribution in [2.75, 3.05) is 0 Å². The second-order valence-corrected chi connectivity index (χ2v) is 15.9. The molecule has 5 aliphatic rings. The smallest absolute Gasteiger partial charge is 0.164 e. The van der Waals surface area contributed by atoms with E-state index >= 15 is 0 Å². The largest absolute Gasteiger partial charge is 0.208 e. The molecule has 0 unspecified atom stereocenters. The summed E-state index contributed by atoms with van der Waals surface area (Å²) in [5.74, 6) is 4.96. The van der Waals surface area contributed by atoms with Crippen LogP contribution in [0.2, 0.25) is 0 Å². The molecule has 0 aliphatic heterocycles. The molecule has 4 saturated carbocycles. The molecule has 1 heterocycles. The summed E-state index contributed by atoms with van der Waals surface area (Å²) < 4.78 is 0. The SMILES string of the molecule is N#Cc1cccc2c1-c1cc(-c3ccccc3-c3ccccc3-c3nc(-c4ccccc4)nc(-c4ccccc4)n3)ccc1C21C2CC3CC(C2)CC1C3. The standard InChI is InChI=1S/C50H38N4/c51-30-36-16-11-21-45-46(36)43-29-35(22-23-44(43)50(45)37-25-31-24-32(27-37)28-38(50)26-31)39-17-7-8-18-40(39)41-19-9-10-20-42(41)49-53-47(33-12-3-1-4-13-33)52-48(54-49)34-14-5-2-6-15-34/h1-23,29,31-32,37-38H,24-28H2. The second-order valence-electron chi connectivity index (χ2n) is 15.9. The molecule has 5 aliphatic carbocycles. The van der Waals surface area contributed by atoms with Crippen molar-refractivity contribution in [3.8, 4) is 73.6 Å². The van der Waals surface area contributed by atoms with Crippen molar-refractivity contribution in [3.05, 3.63) is 162 Å². The van der Waals surface area contributed by atoms with Crippen LogP contribution in [0.3, 0.4) is 0 Å². The predicted molar refractivity (Wildman–Crippen MR) is 215 cm³/mol. The van der Waals surface area contributed by atoms with Gasteiger partial charge in [-0.1, -0.05) is 133 Å². The number of hydrogen-bond donors (Lipinski definition) is 0. The molecule has 6 aromatic carbocycles. The number of nitriles is 1. The van der Waals surface area contributed by atoms with E-state index in [-0.39, 0.29) is 5.41 Å². The normalized spacial score (nSPS) is 22.9. The molecule has 4 fully saturated rings. The summed E-state index contributed by atoms with van der Waals surface area (Å²) in [6, 6.07) is 53.8. The van der Waals surface area contributed by atoms with E-state index in [1.807, 2.05) is 66.7 Å². The number of nitrogens with zero attached hydrogens (tertiary/aromatic N) is 4. The molecule has 258 valence electrons. The van der Waals surface area contributed by atoms with E-state index in [1.54, 1.807) is 0 Å². The van der Waals surface area contributed by atoms with Gasteiger partial charge in [0.15, 0.2) is 17.5 Å². The van der Waals surface area contributed by atoms with Crippen molar-refractivity contribution >= 4 is 0 Å². The van der Waals surface area contributed by atoms with Gasteiger partial charge in [0.25, 0.3) is 0 Å². The van der Waals surface area contributed by atoms with Gasteiger partial charge >= 0.3 is 0 Å². The van der Waals surface area contributed by atoms with Gasteiger partial charge in [-0.25, -0.2) is 15.0 Å². The van der Waals surface area contributed by atoms with Gasteiger partial charge < -0.3 is 0 Å². The summed E-state index contributed by atoms with van der Waals surface area (Å²) >= 11 is 0. The molecule has 1 aromatic heterocycles. The van der Waals surface area contributed by atoms with E-state index in [4.69, 9.17) is 15.0 Å². The van der Waals surface area contributed by atoms with Gasteiger partial charge in [0.2, 0.25) is 0 Å². The van der Waals surface area contributed by atoms with Gasteiger partial charge in [0.1, 0.15) is 0 Å². The highest BCUT2D eigenvalue weighted by Crippen LogP contribution is 2.69. The Bertz CT molecular complexity index is 2550. The van der Waals surface area contributed by atoms with Gasteiger partial charge in [0, 0.05) is 27.7 Å². The third-order valence-electron chi connectivity index (χ3n) is 13.2. The van der Waals surface area contributed by atoms with Crippen molar-refractivity contribution in [3.63, 3.8) is 0 Å². The third-order valence-corrected chi connectivity index (χ3v) is 13.2. The maximum absolute atomic E-state index is 10.5. The zero-order valence-corrected chi connectivity index (χ0v) is 30.0. The lowest BCUT2D eigenvalue weighted by molar-refractivity contribution is -0.0399. The number of rotatable bonds is 5. The highest BCUT2D eigenvalue weighted by molar-refractivity contribution is 5.94. The van der Waals surface area contributed by atoms with E-state index in [9.17, 15) is 5.26 Å². The molecule has 4 heteroatoms. The summed E-state index contributed by atoms with van der Waals surface area (Å²) in [5, 5.41) is 10.5. The first-order valence-corrected chi connectivity index (χ1v) is 19.4. The average Bonchev–Trinajstić information content (AvgIpc) is 3.53. The Labute approximate surface area is 316 Å². The molecule has 4 bridgehead atoms. The van der Waals surface area contributed by atoms with Crippen molar-refractivity contribution in [1.29, 1.82) is 5.26 Å². The Balaban J connectivity index is 1.08. The van der Waals surface area contributed by atoms with Crippen LogP contribution in [0.5, 0.6) is 0 Å². The van der Waals surface area contributed by atoms with Crippen LogP contribution in [0.15, 0.2) is 146 Å². The van der Waals surface area contributed by atoms with Crippen LogP contribution >= 0.6 is 0 Å². The zero-order chi connectivity index (χ0) is 35.8. The molecule has 7 aromatic rings. The highest BCUT2D eigenvalue weighted by atomic mass is 15.0. The van der Waals surface area contributed by atoms with Crippen LogP contribution < -0.4 is 0 Å². The van der Waals surface area contributed by atoms with Gasteiger partial charge in [-0.15, -0.1) is 0 Å². The Hall–Kier alpha value is -6.18. The summed E-state index contributed by atoms with van der Waals surface area (Å²) in [4.78, 5) is 15.2. The van der Waals surface area contributed by atoms with Gasteiger partial charge in [-0.3, -0.25) is 0 Å². The molecule has 1 spiro atoms. The zero-order valence-electron chi connectivity index (χ0n) is 30.0. The van der Waals surface area contributed by atoms with Crippen molar-refractivity contribution in [2.45, 2.75) is 37.5 Å². The Morgan fingerprint density at radius 2 is 0.981 bits per heavy atom. The van der Waals surface area contributed by atoms with Crippen LogP contribution in [-0.2, 0) is 5.41 Å². The minimum atomic E-state index is 0.0151. The monoisotopic (exact) mass is 694 g/mol. The van der Waals surface area contributed by atoms with E-state index in [1.165, 1.54) is 54.4 Å². The molecule has 0 radical (unpaired) electrons. The topological polar surface area (TPSA) is 62.5 Å². The average molecular weight is 695 g/mol. The van der Waals surface area contributed by atoms with Crippen molar-refractivity contribution in [1.82, 2.24) is 15.0 Å². The molecule has 4 nitrogen and oxygen atoms in total. The number of hydrogen-bond acceptors (Lipinski definition) is 4. The van der Waals surface area contributed by atoms with Crippen molar-refractivity contribution < 1.29 is 0 Å². The van der Waals surface area contributed by atoms with E-state index in [0.29, 0.717) is 29.3 Å².